The van der Waals surface area contributed by atoms with Gasteiger partial charge in [0.25, 0.3) is 15.9 Å². The summed E-state index contributed by atoms with van der Waals surface area (Å²) in [5, 5.41) is 6.75. The lowest BCUT2D eigenvalue weighted by Crippen LogP contribution is -2.26. The molecule has 3 rings (SSSR count). The average Bonchev–Trinajstić information content (AvgIpc) is 3.20. The Labute approximate surface area is 188 Å². The molecule has 8 nitrogen and oxygen atoms in total. The van der Waals surface area contributed by atoms with E-state index in [2.05, 4.69) is 20.2 Å². The lowest BCUT2D eigenvalue weighted by atomic mass is 10.1. The van der Waals surface area contributed by atoms with Crippen LogP contribution in [0.25, 0.3) is 0 Å². The molecule has 2 N–H and O–H groups in total. The number of hydrogen-bond acceptors (Lipinski definition) is 6. The average molecular weight is 457 g/mol. The van der Waals surface area contributed by atoms with E-state index in [1.165, 1.54) is 12.1 Å². The molecule has 0 bridgehead atoms. The van der Waals surface area contributed by atoms with Crippen LogP contribution in [-0.4, -0.2) is 31.0 Å². The lowest BCUT2D eigenvalue weighted by Gasteiger charge is -2.12. The molecule has 1 aromatic heterocycles. The fourth-order valence-corrected chi connectivity index (χ4v) is 4.15. The highest BCUT2D eigenvalue weighted by Gasteiger charge is 2.18. The predicted octanol–water partition coefficient (Wildman–Crippen LogP) is 3.97. The van der Waals surface area contributed by atoms with Crippen molar-refractivity contribution in [2.45, 2.75) is 51.3 Å². The van der Waals surface area contributed by atoms with E-state index in [1.807, 2.05) is 26.8 Å². The molecule has 9 heteroatoms. The summed E-state index contributed by atoms with van der Waals surface area (Å²) in [6.45, 7) is 8.03. The maximum absolute atomic E-state index is 12.8. The minimum atomic E-state index is -3.83. The zero-order valence-electron chi connectivity index (χ0n) is 18.7. The molecule has 0 saturated heterocycles. The number of sulfonamides is 1. The maximum Gasteiger partial charge on any atom is 0.261 e. The number of aryl methyl sites for hydroxylation is 3. The van der Waals surface area contributed by atoms with Gasteiger partial charge in [0.05, 0.1) is 4.90 Å². The molecule has 0 aliphatic heterocycles. The van der Waals surface area contributed by atoms with Crippen LogP contribution < -0.4 is 10.0 Å². The highest BCUT2D eigenvalue weighted by atomic mass is 32.2. The molecule has 0 fully saturated rings. The van der Waals surface area contributed by atoms with Crippen molar-refractivity contribution < 1.29 is 17.7 Å². The molecular formula is C23H28N4O4S. The van der Waals surface area contributed by atoms with Gasteiger partial charge in [-0.1, -0.05) is 37.2 Å². The Morgan fingerprint density at radius 3 is 2.59 bits per heavy atom. The van der Waals surface area contributed by atoms with Crippen LogP contribution >= 0.6 is 0 Å². The number of benzene rings is 2. The second-order valence-corrected chi connectivity index (χ2v) is 9.69. The summed E-state index contributed by atoms with van der Waals surface area (Å²) in [6.07, 6.45) is 1.17. The minimum Gasteiger partial charge on any atom is -0.352 e. The highest BCUT2D eigenvalue weighted by molar-refractivity contribution is 7.92. The largest absolute Gasteiger partial charge is 0.352 e. The van der Waals surface area contributed by atoms with Gasteiger partial charge in [-0.05, 0) is 55.7 Å². The van der Waals surface area contributed by atoms with Gasteiger partial charge in [0.1, 0.15) is 0 Å². The van der Waals surface area contributed by atoms with Gasteiger partial charge in [0, 0.05) is 30.1 Å². The minimum absolute atomic E-state index is 0.0295. The number of nitrogens with one attached hydrogen (secondary N) is 2. The van der Waals surface area contributed by atoms with Gasteiger partial charge in [-0.3, -0.25) is 9.52 Å². The summed E-state index contributed by atoms with van der Waals surface area (Å²) >= 11 is 0. The zero-order valence-corrected chi connectivity index (χ0v) is 19.5. The number of rotatable bonds is 9. The second kappa shape index (κ2) is 9.95. The Morgan fingerprint density at radius 1 is 1.12 bits per heavy atom. The van der Waals surface area contributed by atoms with E-state index in [-0.39, 0.29) is 16.7 Å². The maximum atomic E-state index is 12.8. The molecule has 0 aliphatic carbocycles. The van der Waals surface area contributed by atoms with Gasteiger partial charge in [-0.2, -0.15) is 4.98 Å². The highest BCUT2D eigenvalue weighted by Crippen LogP contribution is 2.20. The van der Waals surface area contributed by atoms with Gasteiger partial charge >= 0.3 is 0 Å². The fourth-order valence-electron chi connectivity index (χ4n) is 3.08. The van der Waals surface area contributed by atoms with Crippen molar-refractivity contribution >= 4 is 21.6 Å². The number of anilines is 1. The summed E-state index contributed by atoms with van der Waals surface area (Å²) in [7, 11) is -3.83. The summed E-state index contributed by atoms with van der Waals surface area (Å²) in [6, 6.07) is 11.6. The van der Waals surface area contributed by atoms with Crippen molar-refractivity contribution in [1.82, 2.24) is 15.5 Å². The van der Waals surface area contributed by atoms with Crippen LogP contribution in [0.2, 0.25) is 0 Å². The number of carbonyl (C=O) groups is 1. The quantitative estimate of drug-likeness (QED) is 0.471. The van der Waals surface area contributed by atoms with Gasteiger partial charge < -0.3 is 9.84 Å². The third-order valence-electron chi connectivity index (χ3n) is 4.89. The molecule has 0 radical (unpaired) electrons. The van der Waals surface area contributed by atoms with Gasteiger partial charge in [-0.15, -0.1) is 0 Å². The van der Waals surface area contributed by atoms with Crippen molar-refractivity contribution in [3.8, 4) is 0 Å². The molecule has 0 unspecified atom stereocenters. The summed E-state index contributed by atoms with van der Waals surface area (Å²) in [5.41, 5.74) is 2.42. The van der Waals surface area contributed by atoms with Crippen molar-refractivity contribution in [1.29, 1.82) is 0 Å². The Hall–Kier alpha value is -3.20. The van der Waals surface area contributed by atoms with E-state index in [4.69, 9.17) is 4.52 Å². The monoisotopic (exact) mass is 456 g/mol. The van der Waals surface area contributed by atoms with Gasteiger partial charge in [-0.25, -0.2) is 8.42 Å². The van der Waals surface area contributed by atoms with Crippen LogP contribution in [0.15, 0.2) is 51.9 Å². The Kier molecular flexibility index (Phi) is 7.29. The van der Waals surface area contributed by atoms with E-state index >= 15 is 0 Å². The van der Waals surface area contributed by atoms with E-state index in [9.17, 15) is 13.2 Å². The molecule has 1 heterocycles. The number of nitrogens with zero attached hydrogens (tertiary/aromatic N) is 2. The van der Waals surface area contributed by atoms with Gasteiger partial charge in [0.15, 0.2) is 5.82 Å². The summed E-state index contributed by atoms with van der Waals surface area (Å²) < 4.78 is 33.4. The number of aromatic nitrogens is 2. The molecule has 1 amide bonds. The third-order valence-corrected chi connectivity index (χ3v) is 6.27. The summed E-state index contributed by atoms with van der Waals surface area (Å²) in [4.78, 5) is 17.0. The first-order valence-corrected chi connectivity index (χ1v) is 11.9. The lowest BCUT2D eigenvalue weighted by molar-refractivity contribution is 0.0952. The standard InChI is InChI=1S/C23H28N4O4S/c1-15(2)22-25-21(31-26-22)9-6-12-24-23(28)20-14-19(11-10-17(20)4)32(29,30)27-18-8-5-7-16(3)13-18/h5,7-8,10-11,13-15,27H,6,9,12H2,1-4H3,(H,24,28). The van der Waals surface area contributed by atoms with Gasteiger partial charge in [0.2, 0.25) is 5.89 Å². The molecule has 0 saturated carbocycles. The SMILES string of the molecule is Cc1cccc(NS(=O)(=O)c2ccc(C)c(C(=O)NCCCc3nc(C(C)C)no3)c2)c1. The van der Waals surface area contributed by atoms with Crippen LogP contribution in [0, 0.1) is 13.8 Å². The van der Waals surface area contributed by atoms with Crippen LogP contribution in [0.3, 0.4) is 0 Å². The third kappa shape index (κ3) is 5.94. The first kappa shape index (κ1) is 23.5. The van der Waals surface area contributed by atoms with Crippen LogP contribution in [0.5, 0.6) is 0 Å². The van der Waals surface area contributed by atoms with Crippen molar-refractivity contribution in [2.24, 2.45) is 0 Å². The molecule has 0 atom stereocenters. The van der Waals surface area contributed by atoms with Crippen LogP contribution in [0.1, 0.15) is 59.4 Å². The Balaban J connectivity index is 1.63. The second-order valence-electron chi connectivity index (χ2n) is 8.01. The van der Waals surface area contributed by atoms with E-state index in [1.54, 1.807) is 31.2 Å². The zero-order chi connectivity index (χ0) is 23.3. The first-order chi connectivity index (χ1) is 15.2. The van der Waals surface area contributed by atoms with Crippen molar-refractivity contribution in [3.63, 3.8) is 0 Å². The molecule has 0 spiro atoms. The van der Waals surface area contributed by atoms with Crippen LogP contribution in [0.4, 0.5) is 5.69 Å². The molecule has 0 aliphatic rings. The molecule has 32 heavy (non-hydrogen) atoms. The van der Waals surface area contributed by atoms with E-state index in [0.29, 0.717) is 47.9 Å². The molecule has 2 aromatic carbocycles. The number of hydrogen-bond donors (Lipinski definition) is 2. The predicted molar refractivity (Wildman–Crippen MR) is 122 cm³/mol. The molecular weight excluding hydrogens is 428 g/mol. The first-order valence-electron chi connectivity index (χ1n) is 10.5. The van der Waals surface area contributed by atoms with E-state index in [0.717, 1.165) is 5.56 Å². The molecule has 3 aromatic rings. The fraction of sp³-hybridized carbons (Fsp3) is 0.348. The van der Waals surface area contributed by atoms with Crippen LogP contribution in [-0.2, 0) is 16.4 Å². The smallest absolute Gasteiger partial charge is 0.261 e. The topological polar surface area (TPSA) is 114 Å². The van der Waals surface area contributed by atoms with Crippen molar-refractivity contribution in [2.75, 3.05) is 11.3 Å². The summed E-state index contributed by atoms with van der Waals surface area (Å²) in [5.74, 6) is 1.06. The Morgan fingerprint density at radius 2 is 1.91 bits per heavy atom. The normalized spacial score (nSPS) is 11.5. The Bertz CT molecular complexity index is 1200. The van der Waals surface area contributed by atoms with Crippen molar-refractivity contribution in [3.05, 3.63) is 70.9 Å². The number of carbonyl (C=O) groups excluding carboxylic acids is 1. The van der Waals surface area contributed by atoms with E-state index < -0.39 is 10.0 Å². The molecule has 170 valence electrons. The number of amides is 1.